The Morgan fingerprint density at radius 3 is 2.43 bits per heavy atom. The Morgan fingerprint density at radius 2 is 1.74 bits per heavy atom. The van der Waals surface area contributed by atoms with Crippen molar-refractivity contribution < 1.29 is 31.9 Å². The molecule has 0 atom stereocenters. The first-order chi connectivity index (χ1) is 16.6. The van der Waals surface area contributed by atoms with Gasteiger partial charge in [-0.25, -0.2) is 22.5 Å². The molecule has 4 rings (SSSR count). The molecule has 0 bridgehead atoms. The lowest BCUT2D eigenvalue weighted by molar-refractivity contribution is -0.118. The third-order valence-electron chi connectivity index (χ3n) is 5.48. The summed E-state index contributed by atoms with van der Waals surface area (Å²) in [5.41, 5.74) is -0.463. The van der Waals surface area contributed by atoms with E-state index in [2.05, 4.69) is 10.3 Å². The van der Waals surface area contributed by atoms with Gasteiger partial charge in [-0.15, -0.1) is 0 Å². The molecule has 1 heterocycles. The van der Waals surface area contributed by atoms with Crippen molar-refractivity contribution in [2.24, 2.45) is 5.92 Å². The van der Waals surface area contributed by atoms with Crippen LogP contribution in [0.3, 0.4) is 0 Å². The van der Waals surface area contributed by atoms with E-state index < -0.39 is 28.9 Å². The molecule has 1 N–H and O–H groups in total. The highest BCUT2D eigenvalue weighted by atomic mass is 19.3. The van der Waals surface area contributed by atoms with Crippen molar-refractivity contribution in [3.63, 3.8) is 0 Å². The first kappa shape index (κ1) is 24.4. The summed E-state index contributed by atoms with van der Waals surface area (Å²) in [5, 5.41) is 2.70. The minimum absolute atomic E-state index is 0.0171. The fraction of sp³-hybridized carbons (Fsp3) is 0.269. The average molecular weight is 486 g/mol. The number of alkyl halides is 2. The van der Waals surface area contributed by atoms with E-state index in [0.717, 1.165) is 31.0 Å². The molecule has 0 aliphatic heterocycles. The highest BCUT2D eigenvalue weighted by Gasteiger charge is 2.30. The quantitative estimate of drug-likeness (QED) is 0.379. The molecule has 1 amide bonds. The second kappa shape index (κ2) is 9.85. The van der Waals surface area contributed by atoms with Crippen LogP contribution in [0.1, 0.15) is 36.5 Å². The van der Waals surface area contributed by atoms with Crippen molar-refractivity contribution in [2.75, 3.05) is 5.32 Å². The molecule has 9 heteroatoms. The molecule has 35 heavy (non-hydrogen) atoms. The van der Waals surface area contributed by atoms with Gasteiger partial charge in [-0.05, 0) is 48.2 Å². The van der Waals surface area contributed by atoms with Gasteiger partial charge in [0.2, 0.25) is 5.91 Å². The predicted octanol–water partition coefficient (Wildman–Crippen LogP) is 5.97. The SMILES string of the molecule is CC(F)(F)c1cc(CC(=O)Cc2ccc(Oc3ccnc(NC(=O)C4CC4)c3)cc2F)ccc1F. The molecule has 0 radical (unpaired) electrons. The summed E-state index contributed by atoms with van der Waals surface area (Å²) in [6, 6.07) is 10.2. The molecule has 5 nitrogen and oxygen atoms in total. The van der Waals surface area contributed by atoms with Gasteiger partial charge in [0.25, 0.3) is 5.92 Å². The van der Waals surface area contributed by atoms with Crippen LogP contribution in [0.4, 0.5) is 23.4 Å². The smallest absolute Gasteiger partial charge is 0.273 e. The van der Waals surface area contributed by atoms with E-state index in [1.807, 2.05) is 0 Å². The van der Waals surface area contributed by atoms with Gasteiger partial charge >= 0.3 is 0 Å². The largest absolute Gasteiger partial charge is 0.457 e. The van der Waals surface area contributed by atoms with Gasteiger partial charge in [0.05, 0.1) is 5.56 Å². The van der Waals surface area contributed by atoms with Gasteiger partial charge in [0.1, 0.15) is 34.7 Å². The number of halogens is 4. The van der Waals surface area contributed by atoms with Crippen molar-refractivity contribution in [3.05, 3.63) is 83.1 Å². The average Bonchev–Trinajstić information content (AvgIpc) is 3.62. The van der Waals surface area contributed by atoms with Crippen molar-refractivity contribution in [1.82, 2.24) is 4.98 Å². The van der Waals surface area contributed by atoms with Crippen LogP contribution < -0.4 is 10.1 Å². The van der Waals surface area contributed by atoms with Crippen LogP contribution >= 0.6 is 0 Å². The number of rotatable bonds is 9. The minimum Gasteiger partial charge on any atom is -0.457 e. The zero-order valence-electron chi connectivity index (χ0n) is 18.8. The number of aromatic nitrogens is 1. The fourth-order valence-corrected chi connectivity index (χ4v) is 3.51. The van der Waals surface area contributed by atoms with E-state index in [-0.39, 0.29) is 41.5 Å². The molecular weight excluding hydrogens is 464 g/mol. The number of carbonyl (C=O) groups is 2. The Bertz CT molecular complexity index is 1270. The van der Waals surface area contributed by atoms with Crippen molar-refractivity contribution >= 4 is 17.5 Å². The minimum atomic E-state index is -3.39. The topological polar surface area (TPSA) is 68.3 Å². The van der Waals surface area contributed by atoms with Gasteiger partial charge in [-0.3, -0.25) is 9.59 Å². The monoisotopic (exact) mass is 486 g/mol. The summed E-state index contributed by atoms with van der Waals surface area (Å²) in [6.07, 6.45) is 2.66. The van der Waals surface area contributed by atoms with Crippen molar-refractivity contribution in [1.29, 1.82) is 0 Å². The Morgan fingerprint density at radius 1 is 1.00 bits per heavy atom. The second-order valence-electron chi connectivity index (χ2n) is 8.59. The zero-order chi connectivity index (χ0) is 25.2. The first-order valence-electron chi connectivity index (χ1n) is 11.0. The number of amides is 1. The lowest BCUT2D eigenvalue weighted by Gasteiger charge is -2.13. The number of Topliss-reactive ketones (excluding diaryl/α,β-unsaturated/α-hetero) is 1. The van der Waals surface area contributed by atoms with Crippen molar-refractivity contribution in [3.8, 4) is 11.5 Å². The van der Waals surface area contributed by atoms with E-state index in [0.29, 0.717) is 18.5 Å². The number of nitrogens with one attached hydrogen (secondary N) is 1. The third-order valence-corrected chi connectivity index (χ3v) is 5.48. The molecule has 1 saturated carbocycles. The zero-order valence-corrected chi connectivity index (χ0v) is 18.8. The molecule has 1 aliphatic rings. The Balaban J connectivity index is 1.39. The van der Waals surface area contributed by atoms with Gasteiger partial charge in [0, 0.05) is 44.0 Å². The lowest BCUT2D eigenvalue weighted by atomic mass is 9.99. The van der Waals surface area contributed by atoms with Crippen LogP contribution in [0, 0.1) is 17.6 Å². The number of hydrogen-bond acceptors (Lipinski definition) is 4. The summed E-state index contributed by atoms with van der Waals surface area (Å²) in [6.45, 7) is 0.576. The van der Waals surface area contributed by atoms with Crippen LogP contribution in [0.15, 0.2) is 54.7 Å². The van der Waals surface area contributed by atoms with Crippen LogP contribution in [0.2, 0.25) is 0 Å². The normalized spacial score (nSPS) is 13.4. The van der Waals surface area contributed by atoms with Gasteiger partial charge in [0.15, 0.2) is 0 Å². The van der Waals surface area contributed by atoms with Crippen LogP contribution in [-0.4, -0.2) is 16.7 Å². The van der Waals surface area contributed by atoms with E-state index in [4.69, 9.17) is 4.74 Å². The van der Waals surface area contributed by atoms with Crippen LogP contribution in [-0.2, 0) is 28.4 Å². The molecule has 1 aliphatic carbocycles. The van der Waals surface area contributed by atoms with E-state index in [1.165, 1.54) is 30.5 Å². The molecule has 182 valence electrons. The third kappa shape index (κ3) is 6.44. The maximum absolute atomic E-state index is 14.6. The number of ether oxygens (including phenoxy) is 1. The molecule has 1 aromatic heterocycles. The summed E-state index contributed by atoms with van der Waals surface area (Å²) in [7, 11) is 0. The molecule has 1 fully saturated rings. The Labute approximate surface area is 199 Å². The predicted molar refractivity (Wildman–Crippen MR) is 120 cm³/mol. The van der Waals surface area contributed by atoms with Gasteiger partial charge in [-0.2, -0.15) is 0 Å². The number of anilines is 1. The van der Waals surface area contributed by atoms with Crippen LogP contribution in [0.5, 0.6) is 11.5 Å². The first-order valence-corrected chi connectivity index (χ1v) is 11.0. The molecule has 2 aromatic carbocycles. The molecule has 0 unspecified atom stereocenters. The second-order valence-corrected chi connectivity index (χ2v) is 8.59. The lowest BCUT2D eigenvalue weighted by Crippen LogP contribution is -2.14. The van der Waals surface area contributed by atoms with E-state index in [9.17, 15) is 27.2 Å². The summed E-state index contributed by atoms with van der Waals surface area (Å²) >= 11 is 0. The Kier molecular flexibility index (Phi) is 6.86. The fourth-order valence-electron chi connectivity index (χ4n) is 3.51. The number of benzene rings is 2. The number of nitrogens with zero attached hydrogens (tertiary/aromatic N) is 1. The highest BCUT2D eigenvalue weighted by Crippen LogP contribution is 2.31. The van der Waals surface area contributed by atoms with Crippen molar-refractivity contribution in [2.45, 2.75) is 38.5 Å². The number of pyridine rings is 1. The van der Waals surface area contributed by atoms with Crippen LogP contribution in [0.25, 0.3) is 0 Å². The molecule has 3 aromatic rings. The van der Waals surface area contributed by atoms with Gasteiger partial charge < -0.3 is 10.1 Å². The summed E-state index contributed by atoms with van der Waals surface area (Å²) < 4.78 is 61.0. The number of ketones is 1. The summed E-state index contributed by atoms with van der Waals surface area (Å²) in [4.78, 5) is 28.4. The van der Waals surface area contributed by atoms with E-state index in [1.54, 1.807) is 6.07 Å². The molecule has 0 spiro atoms. The molecular formula is C26H22F4N2O3. The van der Waals surface area contributed by atoms with Gasteiger partial charge in [-0.1, -0.05) is 12.1 Å². The van der Waals surface area contributed by atoms with E-state index >= 15 is 0 Å². The summed E-state index contributed by atoms with van der Waals surface area (Å²) in [5.74, 6) is -4.77. The number of carbonyl (C=O) groups excluding carboxylic acids is 2. The standard InChI is InChI=1S/C26H22F4N2O3/c1-26(29,30)21-11-15(2-7-22(21)27)10-18(33)12-17-5-6-19(13-23(17)28)35-20-8-9-31-24(14-20)32-25(34)16-3-4-16/h2,5-9,11,13-14,16H,3-4,10,12H2,1H3,(H,31,32,34). The maximum atomic E-state index is 14.6. The Hall–Kier alpha value is -3.75. The molecule has 0 saturated heterocycles. The maximum Gasteiger partial charge on any atom is 0.273 e. The highest BCUT2D eigenvalue weighted by molar-refractivity contribution is 5.93. The number of hydrogen-bond donors (Lipinski definition) is 1.